The molecule has 0 saturated carbocycles. The van der Waals surface area contributed by atoms with E-state index in [1.54, 1.807) is 11.3 Å². The molecule has 1 amide bonds. The highest BCUT2D eigenvalue weighted by atomic mass is 32.1. The highest BCUT2D eigenvalue weighted by Crippen LogP contribution is 2.16. The molecule has 0 unspecified atom stereocenters. The van der Waals surface area contributed by atoms with Gasteiger partial charge in [-0.05, 0) is 42.7 Å². The van der Waals surface area contributed by atoms with Crippen LogP contribution in [0.4, 0.5) is 0 Å². The topological polar surface area (TPSA) is 46.9 Å². The van der Waals surface area contributed by atoms with Gasteiger partial charge < -0.3 is 5.32 Å². The maximum Gasteiger partial charge on any atom is 0.220 e. The fourth-order valence-electron chi connectivity index (χ4n) is 2.02. The third-order valence-corrected chi connectivity index (χ3v) is 4.07. The Balaban J connectivity index is 1.86. The monoisotopic (exact) mass is 277 g/mol. The van der Waals surface area contributed by atoms with Gasteiger partial charge in [0.05, 0.1) is 12.2 Å². The third-order valence-electron chi connectivity index (χ3n) is 3.34. The molecule has 0 fully saturated rings. The molecule has 5 heteroatoms. The molecule has 2 rings (SSSR count). The number of aryl methyl sites for hydroxylation is 2. The zero-order valence-electron chi connectivity index (χ0n) is 11.5. The van der Waals surface area contributed by atoms with E-state index in [2.05, 4.69) is 21.9 Å². The summed E-state index contributed by atoms with van der Waals surface area (Å²) < 4.78 is 1.82. The molecule has 1 atom stereocenters. The van der Waals surface area contributed by atoms with Crippen molar-refractivity contribution < 1.29 is 4.79 Å². The first-order chi connectivity index (χ1) is 9.08. The number of nitrogens with one attached hydrogen (secondary N) is 1. The predicted molar refractivity (Wildman–Crippen MR) is 77.1 cm³/mol. The smallest absolute Gasteiger partial charge is 0.220 e. The second-order valence-corrected chi connectivity index (χ2v) is 5.51. The molecule has 1 N–H and O–H groups in total. The van der Waals surface area contributed by atoms with E-state index in [1.165, 1.54) is 5.56 Å². The Bertz CT molecular complexity index is 545. The van der Waals surface area contributed by atoms with Gasteiger partial charge in [-0.15, -0.1) is 0 Å². The second-order valence-electron chi connectivity index (χ2n) is 4.73. The summed E-state index contributed by atoms with van der Waals surface area (Å²) in [5.74, 6) is 0.0851. The quantitative estimate of drug-likeness (QED) is 0.913. The van der Waals surface area contributed by atoms with Gasteiger partial charge in [0.25, 0.3) is 0 Å². The Kier molecular flexibility index (Phi) is 4.37. The van der Waals surface area contributed by atoms with Crippen molar-refractivity contribution in [2.24, 2.45) is 7.05 Å². The first-order valence-electron chi connectivity index (χ1n) is 6.37. The molecule has 0 aliphatic heterocycles. The van der Waals surface area contributed by atoms with Crippen LogP contribution in [0.25, 0.3) is 0 Å². The van der Waals surface area contributed by atoms with Gasteiger partial charge in [-0.25, -0.2) is 0 Å². The summed E-state index contributed by atoms with van der Waals surface area (Å²) in [4.78, 5) is 11.9. The summed E-state index contributed by atoms with van der Waals surface area (Å²) >= 11 is 1.66. The first-order valence-corrected chi connectivity index (χ1v) is 7.31. The first kappa shape index (κ1) is 13.8. The number of carbonyl (C=O) groups is 1. The Morgan fingerprint density at radius 1 is 1.58 bits per heavy atom. The highest BCUT2D eigenvalue weighted by molar-refractivity contribution is 7.07. The van der Waals surface area contributed by atoms with Gasteiger partial charge in [0.15, 0.2) is 0 Å². The van der Waals surface area contributed by atoms with Gasteiger partial charge >= 0.3 is 0 Å². The standard InChI is InChI=1S/C14H19N3OS/c1-10(13-8-15-17(3)11(13)2)16-14(18)5-4-12-6-7-19-9-12/h6-10H,4-5H2,1-3H3,(H,16,18)/t10-/m0/s1. The fraction of sp³-hybridized carbons (Fsp3) is 0.429. The van der Waals surface area contributed by atoms with Crippen LogP contribution < -0.4 is 5.32 Å². The van der Waals surface area contributed by atoms with E-state index in [0.717, 1.165) is 17.7 Å². The minimum absolute atomic E-state index is 0.00340. The minimum Gasteiger partial charge on any atom is -0.349 e. The number of aromatic nitrogens is 2. The van der Waals surface area contributed by atoms with Crippen molar-refractivity contribution in [3.05, 3.63) is 39.8 Å². The van der Waals surface area contributed by atoms with E-state index in [-0.39, 0.29) is 11.9 Å². The Hall–Kier alpha value is -1.62. The van der Waals surface area contributed by atoms with Gasteiger partial charge in [-0.3, -0.25) is 9.48 Å². The predicted octanol–water partition coefficient (Wildman–Crippen LogP) is 2.60. The SMILES string of the molecule is Cc1c([C@H](C)NC(=O)CCc2ccsc2)cnn1C. The van der Waals surface area contributed by atoms with Crippen molar-refractivity contribution in [1.29, 1.82) is 0 Å². The second kappa shape index (κ2) is 6.02. The van der Waals surface area contributed by atoms with Crippen LogP contribution in [0.2, 0.25) is 0 Å². The number of hydrogen-bond donors (Lipinski definition) is 1. The largest absolute Gasteiger partial charge is 0.349 e. The molecule has 4 nitrogen and oxygen atoms in total. The molecule has 0 aliphatic rings. The van der Waals surface area contributed by atoms with E-state index >= 15 is 0 Å². The van der Waals surface area contributed by atoms with Crippen LogP contribution >= 0.6 is 11.3 Å². The van der Waals surface area contributed by atoms with Crippen LogP contribution in [0.5, 0.6) is 0 Å². The van der Waals surface area contributed by atoms with E-state index in [1.807, 2.05) is 37.2 Å². The summed E-state index contributed by atoms with van der Waals surface area (Å²) in [7, 11) is 1.91. The summed E-state index contributed by atoms with van der Waals surface area (Å²) in [6, 6.07) is 2.07. The maximum absolute atomic E-state index is 11.9. The zero-order valence-corrected chi connectivity index (χ0v) is 12.3. The molecule has 0 bridgehead atoms. The lowest BCUT2D eigenvalue weighted by Gasteiger charge is -2.13. The molecule has 0 spiro atoms. The molecular formula is C14H19N3OS. The van der Waals surface area contributed by atoms with E-state index in [9.17, 15) is 4.79 Å². The molecule has 0 aromatic carbocycles. The molecule has 2 heterocycles. The van der Waals surface area contributed by atoms with E-state index in [4.69, 9.17) is 0 Å². The number of thiophene rings is 1. The molecule has 102 valence electrons. The Morgan fingerprint density at radius 2 is 2.37 bits per heavy atom. The molecule has 0 saturated heterocycles. The molecule has 2 aromatic heterocycles. The van der Waals surface area contributed by atoms with Crippen molar-refractivity contribution >= 4 is 17.2 Å². The Morgan fingerprint density at radius 3 is 2.95 bits per heavy atom. The van der Waals surface area contributed by atoms with Gasteiger partial charge in [0.1, 0.15) is 0 Å². The van der Waals surface area contributed by atoms with E-state index in [0.29, 0.717) is 6.42 Å². The van der Waals surface area contributed by atoms with Crippen LogP contribution in [0.3, 0.4) is 0 Å². The van der Waals surface area contributed by atoms with Crippen molar-refractivity contribution in [2.75, 3.05) is 0 Å². The third kappa shape index (κ3) is 3.44. The summed E-state index contributed by atoms with van der Waals surface area (Å²) in [6.45, 7) is 4.00. The normalized spacial score (nSPS) is 12.4. The van der Waals surface area contributed by atoms with Crippen molar-refractivity contribution in [3.8, 4) is 0 Å². The van der Waals surface area contributed by atoms with Gasteiger partial charge in [-0.2, -0.15) is 16.4 Å². The van der Waals surface area contributed by atoms with Gasteiger partial charge in [-0.1, -0.05) is 0 Å². The number of rotatable bonds is 5. The zero-order chi connectivity index (χ0) is 13.8. The van der Waals surface area contributed by atoms with Crippen LogP contribution in [0.15, 0.2) is 23.0 Å². The Labute approximate surface area is 117 Å². The average molecular weight is 277 g/mol. The van der Waals surface area contributed by atoms with Gasteiger partial charge in [0, 0.05) is 24.7 Å². The van der Waals surface area contributed by atoms with Crippen LogP contribution in [0.1, 0.15) is 36.2 Å². The lowest BCUT2D eigenvalue weighted by Crippen LogP contribution is -2.27. The molecule has 0 radical (unpaired) electrons. The van der Waals surface area contributed by atoms with Gasteiger partial charge in [0.2, 0.25) is 5.91 Å². The maximum atomic E-state index is 11.9. The summed E-state index contributed by atoms with van der Waals surface area (Å²) in [5.41, 5.74) is 3.39. The molecule has 2 aromatic rings. The fourth-order valence-corrected chi connectivity index (χ4v) is 2.73. The number of hydrogen-bond acceptors (Lipinski definition) is 3. The lowest BCUT2D eigenvalue weighted by atomic mass is 10.1. The van der Waals surface area contributed by atoms with Crippen LogP contribution in [-0.4, -0.2) is 15.7 Å². The van der Waals surface area contributed by atoms with Crippen molar-refractivity contribution in [3.63, 3.8) is 0 Å². The summed E-state index contributed by atoms with van der Waals surface area (Å²) in [6.07, 6.45) is 3.15. The van der Waals surface area contributed by atoms with Crippen LogP contribution in [-0.2, 0) is 18.3 Å². The van der Waals surface area contributed by atoms with E-state index < -0.39 is 0 Å². The molecule has 19 heavy (non-hydrogen) atoms. The van der Waals surface area contributed by atoms with Crippen molar-refractivity contribution in [1.82, 2.24) is 15.1 Å². The minimum atomic E-state index is 0.00340. The van der Waals surface area contributed by atoms with Crippen molar-refractivity contribution in [2.45, 2.75) is 32.7 Å². The molecule has 0 aliphatic carbocycles. The van der Waals surface area contributed by atoms with Crippen LogP contribution in [0, 0.1) is 6.92 Å². The number of nitrogens with zero attached hydrogens (tertiary/aromatic N) is 2. The molecular weight excluding hydrogens is 258 g/mol. The summed E-state index contributed by atoms with van der Waals surface area (Å²) in [5, 5.41) is 11.3. The highest BCUT2D eigenvalue weighted by Gasteiger charge is 2.14. The average Bonchev–Trinajstić information content (AvgIpc) is 2.98. The number of amides is 1. The lowest BCUT2D eigenvalue weighted by molar-refractivity contribution is -0.121. The number of carbonyl (C=O) groups excluding carboxylic acids is 1.